The largest absolute Gasteiger partial charge is 0.492 e. The highest BCUT2D eigenvalue weighted by Crippen LogP contribution is 2.43. The SMILES string of the molecule is CCCCSc1nc2n(n1)C(c1cc(Br)c(OC)c(OCC)c1)C(C(=O)OCCC)=C(C)N2. The zero-order valence-electron chi connectivity index (χ0n) is 19.7. The van der Waals surface area contributed by atoms with Crippen LogP contribution >= 0.6 is 27.7 Å². The lowest BCUT2D eigenvalue weighted by Crippen LogP contribution is -2.30. The molecule has 1 N–H and O–H groups in total. The van der Waals surface area contributed by atoms with Crippen molar-refractivity contribution in [2.45, 2.75) is 58.2 Å². The summed E-state index contributed by atoms with van der Waals surface area (Å²) < 4.78 is 19.4. The predicted molar refractivity (Wildman–Crippen MR) is 133 cm³/mol. The number of unbranched alkanes of at least 4 members (excludes halogenated alkanes) is 1. The van der Waals surface area contributed by atoms with Gasteiger partial charge in [0.25, 0.3) is 0 Å². The number of nitrogens with zero attached hydrogens (tertiary/aromatic N) is 3. The van der Waals surface area contributed by atoms with Gasteiger partial charge < -0.3 is 19.5 Å². The minimum absolute atomic E-state index is 0.348. The van der Waals surface area contributed by atoms with Crippen LogP contribution < -0.4 is 14.8 Å². The quantitative estimate of drug-likeness (QED) is 0.225. The first-order chi connectivity index (χ1) is 15.9. The fourth-order valence-corrected chi connectivity index (χ4v) is 5.09. The first kappa shape index (κ1) is 25.4. The Morgan fingerprint density at radius 1 is 1.27 bits per heavy atom. The monoisotopic (exact) mass is 538 g/mol. The van der Waals surface area contributed by atoms with Crippen molar-refractivity contribution in [3.8, 4) is 11.5 Å². The molecule has 3 rings (SSSR count). The minimum atomic E-state index is -0.528. The van der Waals surface area contributed by atoms with Gasteiger partial charge in [0, 0.05) is 11.4 Å². The Balaban J connectivity index is 2.12. The first-order valence-electron chi connectivity index (χ1n) is 11.2. The number of anilines is 1. The highest BCUT2D eigenvalue weighted by molar-refractivity contribution is 9.10. The maximum absolute atomic E-state index is 13.1. The summed E-state index contributed by atoms with van der Waals surface area (Å²) in [4.78, 5) is 17.8. The number of nitrogens with one attached hydrogen (secondary N) is 1. The number of methoxy groups -OCH3 is 1. The number of esters is 1. The predicted octanol–water partition coefficient (Wildman–Crippen LogP) is 5.58. The van der Waals surface area contributed by atoms with E-state index in [-0.39, 0.29) is 5.97 Å². The maximum atomic E-state index is 13.1. The normalized spacial score (nSPS) is 15.2. The van der Waals surface area contributed by atoms with Crippen LogP contribution in [0.2, 0.25) is 0 Å². The molecule has 0 bridgehead atoms. The van der Waals surface area contributed by atoms with E-state index in [1.54, 1.807) is 23.6 Å². The highest BCUT2D eigenvalue weighted by Gasteiger charge is 2.36. The van der Waals surface area contributed by atoms with E-state index in [1.807, 2.05) is 32.9 Å². The summed E-state index contributed by atoms with van der Waals surface area (Å²) in [6.45, 7) is 8.72. The number of fused-ring (bicyclic) bond motifs is 1. The molecule has 1 atom stereocenters. The average molecular weight is 539 g/mol. The number of carbonyl (C=O) groups is 1. The van der Waals surface area contributed by atoms with Gasteiger partial charge in [0.1, 0.15) is 6.04 Å². The summed E-state index contributed by atoms with van der Waals surface area (Å²) in [7, 11) is 1.60. The van der Waals surface area contributed by atoms with E-state index in [1.165, 1.54) is 0 Å². The molecule has 1 unspecified atom stereocenters. The van der Waals surface area contributed by atoms with E-state index in [9.17, 15) is 4.79 Å². The number of halogens is 1. The molecule has 2 heterocycles. The Kier molecular flexibility index (Phi) is 9.08. The Bertz CT molecular complexity index is 1020. The molecule has 0 radical (unpaired) electrons. The van der Waals surface area contributed by atoms with Gasteiger partial charge in [0.15, 0.2) is 11.5 Å². The molecule has 1 aromatic heterocycles. The molecule has 0 fully saturated rings. The standard InChI is InChI=1S/C23H31BrN4O4S/c1-6-9-11-33-23-26-22-25-14(4)18(21(29)32-10-7-2)19(28(22)27-23)15-12-16(24)20(30-5)17(13-15)31-8-3/h12-13,19H,6-11H2,1-5H3,(H,25,26,27). The lowest BCUT2D eigenvalue weighted by Gasteiger charge is -2.28. The van der Waals surface area contributed by atoms with E-state index in [0.717, 1.165) is 35.1 Å². The van der Waals surface area contributed by atoms with Crippen molar-refractivity contribution < 1.29 is 19.0 Å². The number of hydrogen-bond donors (Lipinski definition) is 1. The van der Waals surface area contributed by atoms with Crippen molar-refractivity contribution in [2.24, 2.45) is 0 Å². The maximum Gasteiger partial charge on any atom is 0.338 e. The van der Waals surface area contributed by atoms with Crippen molar-refractivity contribution in [2.75, 3.05) is 31.4 Å². The van der Waals surface area contributed by atoms with E-state index in [0.29, 0.717) is 47.1 Å². The fourth-order valence-electron chi connectivity index (χ4n) is 3.55. The summed E-state index contributed by atoms with van der Waals surface area (Å²) >= 11 is 5.20. The first-order valence-corrected chi connectivity index (χ1v) is 13.0. The van der Waals surface area contributed by atoms with Crippen LogP contribution in [-0.4, -0.2) is 46.8 Å². The van der Waals surface area contributed by atoms with E-state index < -0.39 is 6.04 Å². The molecule has 0 aliphatic carbocycles. The zero-order chi connectivity index (χ0) is 24.0. The molecule has 0 saturated carbocycles. The Morgan fingerprint density at radius 2 is 2.06 bits per heavy atom. The lowest BCUT2D eigenvalue weighted by atomic mass is 9.95. The third-order valence-electron chi connectivity index (χ3n) is 5.07. The number of aromatic nitrogens is 3. The molecule has 10 heteroatoms. The van der Waals surface area contributed by atoms with Gasteiger partial charge in [-0.2, -0.15) is 4.98 Å². The van der Waals surface area contributed by atoms with Crippen molar-refractivity contribution >= 4 is 39.6 Å². The highest BCUT2D eigenvalue weighted by atomic mass is 79.9. The van der Waals surface area contributed by atoms with Crippen molar-refractivity contribution in [3.05, 3.63) is 33.4 Å². The third kappa shape index (κ3) is 5.66. The minimum Gasteiger partial charge on any atom is -0.492 e. The van der Waals surface area contributed by atoms with Crippen LogP contribution in [0, 0.1) is 0 Å². The number of rotatable bonds is 11. The Labute approximate surface area is 207 Å². The van der Waals surface area contributed by atoms with Crippen LogP contribution in [0.4, 0.5) is 5.95 Å². The molecule has 180 valence electrons. The number of allylic oxidation sites excluding steroid dienone is 1. The van der Waals surface area contributed by atoms with Gasteiger partial charge in [-0.15, -0.1) is 5.10 Å². The molecule has 0 amide bonds. The second-order valence-electron chi connectivity index (χ2n) is 7.53. The van der Waals surface area contributed by atoms with Crippen molar-refractivity contribution in [1.82, 2.24) is 14.8 Å². The molecule has 2 aromatic rings. The number of carbonyl (C=O) groups excluding carboxylic acids is 1. The van der Waals surface area contributed by atoms with E-state index in [4.69, 9.17) is 19.3 Å². The second kappa shape index (κ2) is 11.8. The second-order valence-corrected chi connectivity index (χ2v) is 9.45. The van der Waals surface area contributed by atoms with Gasteiger partial charge in [0.05, 0.1) is 30.4 Å². The molecular weight excluding hydrogens is 508 g/mol. The van der Waals surface area contributed by atoms with Gasteiger partial charge in [-0.25, -0.2) is 9.48 Å². The Morgan fingerprint density at radius 3 is 2.73 bits per heavy atom. The van der Waals surface area contributed by atoms with Gasteiger partial charge in [-0.05, 0) is 60.3 Å². The van der Waals surface area contributed by atoms with Gasteiger partial charge in [-0.3, -0.25) is 0 Å². The Hall–Kier alpha value is -2.20. The summed E-state index contributed by atoms with van der Waals surface area (Å²) in [5.41, 5.74) is 1.99. The average Bonchev–Trinajstić information content (AvgIpc) is 3.18. The zero-order valence-corrected chi connectivity index (χ0v) is 22.1. The van der Waals surface area contributed by atoms with Crippen molar-refractivity contribution in [1.29, 1.82) is 0 Å². The van der Waals surface area contributed by atoms with E-state index >= 15 is 0 Å². The molecule has 33 heavy (non-hydrogen) atoms. The number of hydrogen-bond acceptors (Lipinski definition) is 8. The summed E-state index contributed by atoms with van der Waals surface area (Å²) in [5.74, 6) is 2.33. The third-order valence-corrected chi connectivity index (χ3v) is 6.58. The fraction of sp³-hybridized carbons (Fsp3) is 0.522. The summed E-state index contributed by atoms with van der Waals surface area (Å²) in [6, 6.07) is 3.28. The molecule has 0 spiro atoms. The number of benzene rings is 1. The van der Waals surface area contributed by atoms with Crippen LogP contribution in [0.25, 0.3) is 0 Å². The molecule has 1 aliphatic rings. The molecule has 1 aromatic carbocycles. The van der Waals surface area contributed by atoms with Crippen LogP contribution in [-0.2, 0) is 9.53 Å². The van der Waals surface area contributed by atoms with Crippen LogP contribution in [0.3, 0.4) is 0 Å². The molecule has 0 saturated heterocycles. The van der Waals surface area contributed by atoms with Gasteiger partial charge in [-0.1, -0.05) is 32.0 Å². The smallest absolute Gasteiger partial charge is 0.338 e. The van der Waals surface area contributed by atoms with E-state index in [2.05, 4.69) is 33.2 Å². The summed E-state index contributed by atoms with van der Waals surface area (Å²) in [6.07, 6.45) is 2.93. The van der Waals surface area contributed by atoms with Gasteiger partial charge >= 0.3 is 5.97 Å². The number of ether oxygens (including phenoxy) is 3. The van der Waals surface area contributed by atoms with Crippen LogP contribution in [0.1, 0.15) is 58.6 Å². The lowest BCUT2D eigenvalue weighted by molar-refractivity contribution is -0.139. The molecule has 1 aliphatic heterocycles. The molecule has 8 nitrogen and oxygen atoms in total. The van der Waals surface area contributed by atoms with Crippen molar-refractivity contribution in [3.63, 3.8) is 0 Å². The molecular formula is C23H31BrN4O4S. The van der Waals surface area contributed by atoms with Crippen LogP contribution in [0.5, 0.6) is 11.5 Å². The topological polar surface area (TPSA) is 87.5 Å². The van der Waals surface area contributed by atoms with Gasteiger partial charge in [0.2, 0.25) is 11.1 Å². The summed E-state index contributed by atoms with van der Waals surface area (Å²) in [5, 5.41) is 8.67. The number of thioether (sulfide) groups is 1. The van der Waals surface area contributed by atoms with Crippen LogP contribution in [0.15, 0.2) is 33.0 Å².